The standard InChI is InChI=1S/C15H24N2O4S2.C6H7N/c1-3-5-9-16-17(10-6-4-2)23(20,21)14-11-12(15(18)19)7-8-13(14)22;7-6-4-2-1-3-5-6/h7-8,11,16,22H,3-6,9-10H2,1-2H3,(H,18,19);1-5H,7H2. The monoisotopic (exact) mass is 453 g/mol. The summed E-state index contributed by atoms with van der Waals surface area (Å²) >= 11 is 4.18. The van der Waals surface area contributed by atoms with Crippen molar-refractivity contribution in [3.05, 3.63) is 54.1 Å². The number of sulfonamides is 1. The predicted octanol–water partition coefficient (Wildman–Crippen LogP) is 4.04. The molecule has 9 heteroatoms. The van der Waals surface area contributed by atoms with E-state index in [1.165, 1.54) is 16.5 Å². The van der Waals surface area contributed by atoms with Crippen molar-refractivity contribution in [2.75, 3.05) is 18.8 Å². The number of carboxylic acid groups (broad SMARTS) is 1. The summed E-state index contributed by atoms with van der Waals surface area (Å²) in [7, 11) is -3.86. The number of carbonyl (C=O) groups is 1. The van der Waals surface area contributed by atoms with Crippen molar-refractivity contribution >= 4 is 34.3 Å². The van der Waals surface area contributed by atoms with E-state index in [-0.39, 0.29) is 15.4 Å². The summed E-state index contributed by atoms with van der Waals surface area (Å²) < 4.78 is 26.9. The number of anilines is 1. The van der Waals surface area contributed by atoms with Crippen LogP contribution in [0.25, 0.3) is 0 Å². The Morgan fingerprint density at radius 3 is 2.23 bits per heavy atom. The van der Waals surface area contributed by atoms with E-state index in [0.717, 1.165) is 31.0 Å². The van der Waals surface area contributed by atoms with Crippen molar-refractivity contribution in [2.24, 2.45) is 0 Å². The first kappa shape index (κ1) is 26.0. The Labute approximate surface area is 184 Å². The fourth-order valence-corrected chi connectivity index (χ4v) is 4.35. The molecule has 0 atom stereocenters. The van der Waals surface area contributed by atoms with Crippen molar-refractivity contribution in [1.82, 2.24) is 9.84 Å². The Morgan fingerprint density at radius 1 is 1.10 bits per heavy atom. The third-order valence-corrected chi connectivity index (χ3v) is 6.43. The zero-order valence-electron chi connectivity index (χ0n) is 17.4. The lowest BCUT2D eigenvalue weighted by Gasteiger charge is -2.23. The van der Waals surface area contributed by atoms with Crippen LogP contribution in [-0.2, 0) is 10.0 Å². The summed E-state index contributed by atoms with van der Waals surface area (Å²) in [5.41, 5.74) is 9.04. The van der Waals surface area contributed by atoms with Gasteiger partial charge >= 0.3 is 5.97 Å². The Hall–Kier alpha value is -2.07. The lowest BCUT2D eigenvalue weighted by atomic mass is 10.2. The molecule has 0 unspecified atom stereocenters. The molecule has 0 radical (unpaired) electrons. The van der Waals surface area contributed by atoms with Gasteiger partial charge in [0.25, 0.3) is 10.0 Å². The zero-order chi connectivity index (χ0) is 22.6. The molecule has 30 heavy (non-hydrogen) atoms. The summed E-state index contributed by atoms with van der Waals surface area (Å²) in [6.45, 7) is 4.87. The predicted molar refractivity (Wildman–Crippen MR) is 123 cm³/mol. The number of rotatable bonds is 10. The van der Waals surface area contributed by atoms with Gasteiger partial charge in [0.2, 0.25) is 0 Å². The molecular weight excluding hydrogens is 422 g/mol. The van der Waals surface area contributed by atoms with Crippen molar-refractivity contribution < 1.29 is 18.3 Å². The Bertz CT molecular complexity index is 890. The number of para-hydroxylation sites is 1. The molecule has 0 fully saturated rings. The summed E-state index contributed by atoms with van der Waals surface area (Å²) in [5, 5.41) is 9.07. The molecule has 0 saturated heterocycles. The number of hydrazine groups is 1. The van der Waals surface area contributed by atoms with Crippen LogP contribution in [0.5, 0.6) is 0 Å². The van der Waals surface area contributed by atoms with Gasteiger partial charge in [0.05, 0.1) is 10.5 Å². The van der Waals surface area contributed by atoms with Crippen LogP contribution in [-0.4, -0.2) is 37.0 Å². The third kappa shape index (κ3) is 8.35. The highest BCUT2D eigenvalue weighted by Gasteiger charge is 2.27. The van der Waals surface area contributed by atoms with Gasteiger partial charge in [0.1, 0.15) is 0 Å². The van der Waals surface area contributed by atoms with Crippen molar-refractivity contribution in [3.8, 4) is 0 Å². The van der Waals surface area contributed by atoms with E-state index in [2.05, 4.69) is 18.1 Å². The second kappa shape index (κ2) is 13.3. The van der Waals surface area contributed by atoms with Crippen molar-refractivity contribution in [1.29, 1.82) is 0 Å². The Balaban J connectivity index is 0.000000539. The summed E-state index contributed by atoms with van der Waals surface area (Å²) in [6.07, 6.45) is 3.35. The number of aromatic carboxylic acids is 1. The van der Waals surface area contributed by atoms with Gasteiger partial charge in [-0.05, 0) is 43.2 Å². The summed E-state index contributed by atoms with van der Waals surface area (Å²) in [4.78, 5) is 11.2. The van der Waals surface area contributed by atoms with Crippen molar-refractivity contribution in [2.45, 2.75) is 49.3 Å². The van der Waals surface area contributed by atoms with E-state index < -0.39 is 16.0 Å². The molecule has 0 spiro atoms. The van der Waals surface area contributed by atoms with E-state index in [1.54, 1.807) is 0 Å². The highest BCUT2D eigenvalue weighted by atomic mass is 32.2. The van der Waals surface area contributed by atoms with E-state index in [9.17, 15) is 13.2 Å². The van der Waals surface area contributed by atoms with E-state index in [4.69, 9.17) is 10.8 Å². The van der Waals surface area contributed by atoms with Gasteiger partial charge in [0.15, 0.2) is 0 Å². The molecule has 4 N–H and O–H groups in total. The number of thiol groups is 1. The normalized spacial score (nSPS) is 11.1. The summed E-state index contributed by atoms with van der Waals surface area (Å²) in [5.74, 6) is -1.17. The number of unbranched alkanes of at least 4 members (excludes halogenated alkanes) is 2. The molecule has 166 valence electrons. The number of hydrogen-bond acceptors (Lipinski definition) is 6. The molecule has 0 aromatic heterocycles. The third-order valence-electron chi connectivity index (χ3n) is 4.11. The second-order valence-corrected chi connectivity index (χ2v) is 8.90. The number of nitrogen functional groups attached to an aromatic ring is 1. The SMILES string of the molecule is CCCCNN(CCCC)S(=O)(=O)c1cc(C(=O)O)ccc1S.Nc1ccccc1. The van der Waals surface area contributed by atoms with Crippen LogP contribution < -0.4 is 11.2 Å². The van der Waals surface area contributed by atoms with Gasteiger partial charge in [0, 0.05) is 23.7 Å². The topological polar surface area (TPSA) is 113 Å². The molecule has 0 heterocycles. The second-order valence-electron chi connectivity index (χ2n) is 6.59. The quantitative estimate of drug-likeness (QED) is 0.187. The van der Waals surface area contributed by atoms with Crippen LogP contribution in [0.3, 0.4) is 0 Å². The average Bonchev–Trinajstić information content (AvgIpc) is 2.71. The highest BCUT2D eigenvalue weighted by molar-refractivity contribution is 7.90. The minimum Gasteiger partial charge on any atom is -0.478 e. The first-order valence-corrected chi connectivity index (χ1v) is 11.8. The molecule has 0 aliphatic carbocycles. The first-order valence-electron chi connectivity index (χ1n) is 9.87. The average molecular weight is 454 g/mol. The van der Waals surface area contributed by atoms with Crippen LogP contribution in [0.4, 0.5) is 5.69 Å². The van der Waals surface area contributed by atoms with Crippen LogP contribution in [0.1, 0.15) is 49.9 Å². The Morgan fingerprint density at radius 2 is 1.73 bits per heavy atom. The number of hydrogen-bond donors (Lipinski definition) is 4. The van der Waals surface area contributed by atoms with Crippen molar-refractivity contribution in [3.63, 3.8) is 0 Å². The van der Waals surface area contributed by atoms with Gasteiger partial charge in [-0.15, -0.1) is 17.0 Å². The molecule has 7 nitrogen and oxygen atoms in total. The molecule has 2 aromatic carbocycles. The maximum atomic E-state index is 12.8. The van der Waals surface area contributed by atoms with E-state index in [0.29, 0.717) is 19.5 Å². The minimum absolute atomic E-state index is 0.0784. The lowest BCUT2D eigenvalue weighted by molar-refractivity contribution is 0.0696. The number of carboxylic acids is 1. The minimum atomic E-state index is -3.86. The van der Waals surface area contributed by atoms with E-state index >= 15 is 0 Å². The zero-order valence-corrected chi connectivity index (χ0v) is 19.1. The number of benzene rings is 2. The maximum absolute atomic E-state index is 12.8. The van der Waals surface area contributed by atoms with Crippen LogP contribution in [0.15, 0.2) is 58.3 Å². The molecule has 0 amide bonds. The number of nitrogens with one attached hydrogen (secondary N) is 1. The van der Waals surface area contributed by atoms with Gasteiger partial charge < -0.3 is 10.8 Å². The molecular formula is C21H31N3O4S2. The van der Waals surface area contributed by atoms with Gasteiger partial charge in [-0.25, -0.2) is 18.6 Å². The fraction of sp³-hybridized carbons (Fsp3) is 0.381. The smallest absolute Gasteiger partial charge is 0.335 e. The molecule has 0 aliphatic rings. The first-order chi connectivity index (χ1) is 14.2. The highest BCUT2D eigenvalue weighted by Crippen LogP contribution is 2.24. The fourth-order valence-electron chi connectivity index (χ4n) is 2.39. The lowest BCUT2D eigenvalue weighted by Crippen LogP contribution is -2.44. The molecule has 0 aliphatic heterocycles. The number of nitrogens with zero attached hydrogens (tertiary/aromatic N) is 1. The van der Waals surface area contributed by atoms with Gasteiger partial charge in [-0.3, -0.25) is 0 Å². The van der Waals surface area contributed by atoms with Crippen LogP contribution >= 0.6 is 12.6 Å². The van der Waals surface area contributed by atoms with Crippen LogP contribution in [0.2, 0.25) is 0 Å². The number of nitrogens with two attached hydrogens (primary N) is 1. The Kier molecular flexibility index (Phi) is 11.5. The molecule has 0 saturated carbocycles. The molecule has 2 rings (SSSR count). The van der Waals surface area contributed by atoms with Crippen LogP contribution in [0, 0.1) is 0 Å². The summed E-state index contributed by atoms with van der Waals surface area (Å²) in [6, 6.07) is 13.4. The van der Waals surface area contributed by atoms with Gasteiger partial charge in [-0.1, -0.05) is 44.9 Å². The van der Waals surface area contributed by atoms with Gasteiger partial charge in [-0.2, -0.15) is 0 Å². The largest absolute Gasteiger partial charge is 0.478 e. The maximum Gasteiger partial charge on any atom is 0.335 e. The molecule has 0 bridgehead atoms. The molecule has 2 aromatic rings. The van der Waals surface area contributed by atoms with E-state index in [1.807, 2.05) is 44.2 Å².